The van der Waals surface area contributed by atoms with Crippen LogP contribution in [-0.2, 0) is 9.47 Å². The quantitative estimate of drug-likeness (QED) is 0.408. The Bertz CT molecular complexity index is 1200. The fourth-order valence-corrected chi connectivity index (χ4v) is 4.05. The largest absolute Gasteiger partial charge is 0.465 e. The highest BCUT2D eigenvalue weighted by atomic mass is 79.9. The lowest BCUT2D eigenvalue weighted by Crippen LogP contribution is -2.22. The Labute approximate surface area is 201 Å². The van der Waals surface area contributed by atoms with Crippen LogP contribution in [0, 0.1) is 0 Å². The van der Waals surface area contributed by atoms with Crippen LogP contribution in [-0.4, -0.2) is 32.1 Å². The third kappa shape index (κ3) is 4.98. The predicted octanol–water partition coefficient (Wildman–Crippen LogP) is 6.07. The maximum atomic E-state index is 13.2. The maximum absolute atomic E-state index is 13.2. The number of methoxy groups -OCH3 is 2. The minimum absolute atomic E-state index is 0.0465. The molecule has 0 saturated heterocycles. The number of rotatable bonds is 6. The molecule has 0 unspecified atom stereocenters. The first-order valence-corrected chi connectivity index (χ1v) is 11.1. The molecule has 0 saturated carbocycles. The molecule has 0 aliphatic rings. The summed E-state index contributed by atoms with van der Waals surface area (Å²) in [5.74, 6) is -2.00. The summed E-state index contributed by atoms with van der Waals surface area (Å²) in [7, 11) is 2.48. The van der Waals surface area contributed by atoms with Gasteiger partial charge in [0.15, 0.2) is 0 Å². The van der Waals surface area contributed by atoms with Crippen molar-refractivity contribution in [1.29, 1.82) is 0 Å². The van der Waals surface area contributed by atoms with E-state index in [2.05, 4.69) is 21.2 Å². The molecule has 0 aromatic heterocycles. The normalized spacial score (nSPS) is 10.6. The number of benzene rings is 3. The fourth-order valence-electron chi connectivity index (χ4n) is 3.59. The van der Waals surface area contributed by atoms with Gasteiger partial charge in [-0.25, -0.2) is 9.59 Å². The molecule has 7 heteroatoms. The van der Waals surface area contributed by atoms with Crippen molar-refractivity contribution in [2.45, 2.75) is 19.8 Å². The highest BCUT2D eigenvalue weighted by Crippen LogP contribution is 2.39. The van der Waals surface area contributed by atoms with Gasteiger partial charge in [0, 0.05) is 10.0 Å². The molecular weight excluding hydrogens is 486 g/mol. The fraction of sp³-hybridized carbons (Fsp3) is 0.192. The molecule has 0 heterocycles. The molecule has 0 fully saturated rings. The third-order valence-corrected chi connectivity index (χ3v) is 5.89. The summed E-state index contributed by atoms with van der Waals surface area (Å²) in [6, 6.07) is 18.1. The molecule has 3 aromatic carbocycles. The van der Waals surface area contributed by atoms with Crippen LogP contribution in [0.5, 0.6) is 0 Å². The number of nitrogens with one attached hydrogen (secondary N) is 1. The van der Waals surface area contributed by atoms with E-state index in [-0.39, 0.29) is 22.7 Å². The van der Waals surface area contributed by atoms with E-state index in [0.717, 1.165) is 5.56 Å². The first-order chi connectivity index (χ1) is 15.8. The summed E-state index contributed by atoms with van der Waals surface area (Å²) < 4.78 is 10.6. The van der Waals surface area contributed by atoms with Crippen molar-refractivity contribution in [2.75, 3.05) is 19.5 Å². The topological polar surface area (TPSA) is 81.7 Å². The van der Waals surface area contributed by atoms with E-state index < -0.39 is 17.8 Å². The Morgan fingerprint density at radius 3 is 2.00 bits per heavy atom. The second kappa shape index (κ2) is 10.4. The van der Waals surface area contributed by atoms with Gasteiger partial charge in [0.05, 0.1) is 36.6 Å². The molecule has 3 rings (SSSR count). The lowest BCUT2D eigenvalue weighted by molar-refractivity contribution is 0.0554. The highest BCUT2D eigenvalue weighted by Gasteiger charge is 2.31. The van der Waals surface area contributed by atoms with Crippen LogP contribution in [0.15, 0.2) is 65.1 Å². The van der Waals surface area contributed by atoms with E-state index in [1.807, 2.05) is 50.2 Å². The van der Waals surface area contributed by atoms with Crippen molar-refractivity contribution in [2.24, 2.45) is 0 Å². The lowest BCUT2D eigenvalue weighted by atomic mass is 9.87. The third-order valence-electron chi connectivity index (χ3n) is 5.20. The smallest absolute Gasteiger partial charge is 0.340 e. The minimum atomic E-state index is -0.752. The van der Waals surface area contributed by atoms with E-state index in [4.69, 9.17) is 9.47 Å². The van der Waals surface area contributed by atoms with Crippen LogP contribution in [0.4, 0.5) is 5.69 Å². The molecule has 0 aliphatic heterocycles. The highest BCUT2D eigenvalue weighted by molar-refractivity contribution is 9.10. The molecular formula is C26H24BrNO5. The number of amides is 1. The first-order valence-electron chi connectivity index (χ1n) is 10.3. The van der Waals surface area contributed by atoms with Crippen LogP contribution in [0.3, 0.4) is 0 Å². The molecule has 1 amide bonds. The van der Waals surface area contributed by atoms with Crippen molar-refractivity contribution < 1.29 is 23.9 Å². The van der Waals surface area contributed by atoms with Gasteiger partial charge < -0.3 is 14.8 Å². The molecule has 0 bridgehead atoms. The maximum Gasteiger partial charge on any atom is 0.340 e. The molecule has 1 N–H and O–H groups in total. The Morgan fingerprint density at radius 2 is 1.42 bits per heavy atom. The molecule has 3 aromatic rings. The van der Waals surface area contributed by atoms with Gasteiger partial charge in [-0.05, 0) is 51.2 Å². The van der Waals surface area contributed by atoms with Gasteiger partial charge in [-0.15, -0.1) is 0 Å². The van der Waals surface area contributed by atoms with Gasteiger partial charge in [0.25, 0.3) is 5.91 Å². The van der Waals surface area contributed by atoms with Gasteiger partial charge in [-0.3, -0.25) is 4.79 Å². The van der Waals surface area contributed by atoms with Gasteiger partial charge in [0.2, 0.25) is 0 Å². The number of halogens is 1. The average Bonchev–Trinajstić information content (AvgIpc) is 2.83. The number of ether oxygens (including phenoxy) is 2. The summed E-state index contributed by atoms with van der Waals surface area (Å²) in [5.41, 5.74) is 2.55. The number of hydrogen-bond acceptors (Lipinski definition) is 5. The van der Waals surface area contributed by atoms with E-state index in [1.54, 1.807) is 24.3 Å². The molecule has 6 nitrogen and oxygen atoms in total. The average molecular weight is 510 g/mol. The van der Waals surface area contributed by atoms with Gasteiger partial charge >= 0.3 is 11.9 Å². The van der Waals surface area contributed by atoms with Crippen LogP contribution in [0.1, 0.15) is 56.4 Å². The Hall–Kier alpha value is -3.45. The zero-order valence-corrected chi connectivity index (χ0v) is 20.4. The standard InChI is InChI=1S/C26H24BrNO5/c1-15(2)18-14-19(16-10-6-5-7-11-16)23(22(26(31)33-4)21(18)25(30)32-3)28-24(29)17-12-8-9-13-20(17)27/h5-15H,1-4H3,(H,28,29). The SMILES string of the molecule is COC(=O)c1c(C(C)C)cc(-c2ccccc2)c(NC(=O)c2ccccc2Br)c1C(=O)OC. The molecule has 33 heavy (non-hydrogen) atoms. The molecule has 0 aliphatic carbocycles. The summed E-state index contributed by atoms with van der Waals surface area (Å²) in [4.78, 5) is 39.1. The van der Waals surface area contributed by atoms with Crippen molar-refractivity contribution in [3.8, 4) is 11.1 Å². The summed E-state index contributed by atoms with van der Waals surface area (Å²) in [6.07, 6.45) is 0. The van der Waals surface area contributed by atoms with E-state index in [1.165, 1.54) is 14.2 Å². The van der Waals surface area contributed by atoms with Gasteiger partial charge in [-0.2, -0.15) is 0 Å². The number of esters is 2. The monoisotopic (exact) mass is 509 g/mol. The van der Waals surface area contributed by atoms with E-state index in [0.29, 0.717) is 21.2 Å². The zero-order valence-electron chi connectivity index (χ0n) is 18.8. The van der Waals surface area contributed by atoms with Crippen LogP contribution in [0.2, 0.25) is 0 Å². The Morgan fingerprint density at radius 1 is 0.848 bits per heavy atom. The van der Waals surface area contributed by atoms with Crippen molar-refractivity contribution in [1.82, 2.24) is 0 Å². The van der Waals surface area contributed by atoms with Crippen molar-refractivity contribution >= 4 is 39.5 Å². The van der Waals surface area contributed by atoms with Crippen molar-refractivity contribution in [3.05, 3.63) is 87.4 Å². The molecule has 170 valence electrons. The Kier molecular flexibility index (Phi) is 7.66. The second-order valence-electron chi connectivity index (χ2n) is 7.58. The molecule has 0 atom stereocenters. The van der Waals surface area contributed by atoms with Gasteiger partial charge in [0.1, 0.15) is 0 Å². The molecule has 0 radical (unpaired) electrons. The first kappa shape index (κ1) is 24.2. The summed E-state index contributed by atoms with van der Waals surface area (Å²) in [5, 5.41) is 2.86. The number of carbonyl (C=O) groups excluding carboxylic acids is 3. The van der Waals surface area contributed by atoms with Gasteiger partial charge in [-0.1, -0.05) is 56.3 Å². The molecule has 0 spiro atoms. The minimum Gasteiger partial charge on any atom is -0.465 e. The van der Waals surface area contributed by atoms with Crippen LogP contribution in [0.25, 0.3) is 11.1 Å². The summed E-state index contributed by atoms with van der Waals surface area (Å²) >= 11 is 3.39. The van der Waals surface area contributed by atoms with Crippen LogP contribution < -0.4 is 5.32 Å². The van der Waals surface area contributed by atoms with E-state index in [9.17, 15) is 14.4 Å². The number of carbonyl (C=O) groups is 3. The van der Waals surface area contributed by atoms with Crippen LogP contribution >= 0.6 is 15.9 Å². The number of hydrogen-bond donors (Lipinski definition) is 1. The lowest BCUT2D eigenvalue weighted by Gasteiger charge is -2.22. The summed E-state index contributed by atoms with van der Waals surface area (Å²) in [6.45, 7) is 3.83. The zero-order chi connectivity index (χ0) is 24.1. The number of anilines is 1. The second-order valence-corrected chi connectivity index (χ2v) is 8.43. The van der Waals surface area contributed by atoms with E-state index >= 15 is 0 Å². The van der Waals surface area contributed by atoms with Crippen molar-refractivity contribution in [3.63, 3.8) is 0 Å². The predicted molar refractivity (Wildman–Crippen MR) is 131 cm³/mol. The Balaban J connectivity index is 2.38.